The van der Waals surface area contributed by atoms with Crippen LogP contribution in [-0.4, -0.2) is 35.4 Å². The molecule has 4 nitrogen and oxygen atoms in total. The maximum Gasteiger partial charge on any atom is 0.253 e. The van der Waals surface area contributed by atoms with Crippen LogP contribution in [-0.2, 0) is 0 Å². The molecule has 0 bridgehead atoms. The standard InChI is InChI=1S/C16H23N3O/c1-11(2)14(17)7-9-19(3)16(20)13-4-5-15-12(10-13)6-8-18-15/h4-6,8,10-11,14,18H,7,9,17H2,1-3H3. The van der Waals surface area contributed by atoms with Crippen molar-refractivity contribution in [2.24, 2.45) is 11.7 Å². The van der Waals surface area contributed by atoms with Gasteiger partial charge in [0.15, 0.2) is 0 Å². The largest absolute Gasteiger partial charge is 0.361 e. The number of nitrogens with one attached hydrogen (secondary N) is 1. The Morgan fingerprint density at radius 1 is 1.35 bits per heavy atom. The first-order valence-corrected chi connectivity index (χ1v) is 7.07. The van der Waals surface area contributed by atoms with Crippen LogP contribution in [0.1, 0.15) is 30.6 Å². The Morgan fingerprint density at radius 3 is 2.80 bits per heavy atom. The summed E-state index contributed by atoms with van der Waals surface area (Å²) < 4.78 is 0. The predicted octanol–water partition coefficient (Wildman–Crippen LogP) is 2.61. The zero-order chi connectivity index (χ0) is 14.7. The number of hydrogen-bond donors (Lipinski definition) is 2. The third-order valence-electron chi connectivity index (χ3n) is 3.80. The fourth-order valence-corrected chi connectivity index (χ4v) is 2.18. The van der Waals surface area contributed by atoms with E-state index in [-0.39, 0.29) is 11.9 Å². The van der Waals surface area contributed by atoms with Crippen molar-refractivity contribution in [1.82, 2.24) is 9.88 Å². The zero-order valence-corrected chi connectivity index (χ0v) is 12.4. The molecule has 0 aliphatic carbocycles. The molecule has 108 valence electrons. The quantitative estimate of drug-likeness (QED) is 0.879. The Balaban J connectivity index is 2.02. The van der Waals surface area contributed by atoms with Crippen LogP contribution in [0.25, 0.3) is 10.9 Å². The number of hydrogen-bond acceptors (Lipinski definition) is 2. The highest BCUT2D eigenvalue weighted by atomic mass is 16.2. The molecule has 0 aliphatic rings. The lowest BCUT2D eigenvalue weighted by molar-refractivity contribution is 0.0789. The summed E-state index contributed by atoms with van der Waals surface area (Å²) in [6.07, 6.45) is 2.70. The predicted molar refractivity (Wildman–Crippen MR) is 82.7 cm³/mol. The minimum Gasteiger partial charge on any atom is -0.361 e. The van der Waals surface area contributed by atoms with Crippen LogP contribution in [0.3, 0.4) is 0 Å². The highest BCUT2D eigenvalue weighted by molar-refractivity contribution is 5.97. The van der Waals surface area contributed by atoms with Gasteiger partial charge in [-0.1, -0.05) is 13.8 Å². The van der Waals surface area contributed by atoms with E-state index in [2.05, 4.69) is 18.8 Å². The first-order chi connectivity index (χ1) is 9.49. The molecule has 0 saturated carbocycles. The van der Waals surface area contributed by atoms with E-state index in [9.17, 15) is 4.79 Å². The Hall–Kier alpha value is -1.81. The smallest absolute Gasteiger partial charge is 0.253 e. The van der Waals surface area contributed by atoms with Gasteiger partial charge >= 0.3 is 0 Å². The van der Waals surface area contributed by atoms with Crippen molar-refractivity contribution >= 4 is 16.8 Å². The van der Waals surface area contributed by atoms with Crippen molar-refractivity contribution in [2.75, 3.05) is 13.6 Å². The summed E-state index contributed by atoms with van der Waals surface area (Å²) in [7, 11) is 1.83. The second kappa shape index (κ2) is 6.09. The highest BCUT2D eigenvalue weighted by Gasteiger charge is 2.14. The summed E-state index contributed by atoms with van der Waals surface area (Å²) >= 11 is 0. The number of aromatic nitrogens is 1. The third-order valence-corrected chi connectivity index (χ3v) is 3.80. The fraction of sp³-hybridized carbons (Fsp3) is 0.438. The van der Waals surface area contributed by atoms with Gasteiger partial charge in [-0.15, -0.1) is 0 Å². The summed E-state index contributed by atoms with van der Waals surface area (Å²) in [5.74, 6) is 0.485. The maximum absolute atomic E-state index is 12.4. The van der Waals surface area contributed by atoms with Crippen molar-refractivity contribution in [2.45, 2.75) is 26.3 Å². The van der Waals surface area contributed by atoms with Gasteiger partial charge in [-0.2, -0.15) is 0 Å². The Kier molecular flexibility index (Phi) is 4.45. The number of carbonyl (C=O) groups excluding carboxylic acids is 1. The van der Waals surface area contributed by atoms with Gasteiger partial charge in [0.25, 0.3) is 5.91 Å². The van der Waals surface area contributed by atoms with Crippen LogP contribution in [0.15, 0.2) is 30.5 Å². The average Bonchev–Trinajstić information content (AvgIpc) is 2.90. The number of rotatable bonds is 5. The molecule has 4 heteroatoms. The van der Waals surface area contributed by atoms with Crippen molar-refractivity contribution in [3.63, 3.8) is 0 Å². The minimum atomic E-state index is 0.0454. The van der Waals surface area contributed by atoms with Crippen LogP contribution in [0.5, 0.6) is 0 Å². The zero-order valence-electron chi connectivity index (χ0n) is 12.4. The molecule has 1 amide bonds. The molecule has 3 N–H and O–H groups in total. The Labute approximate surface area is 120 Å². The van der Waals surface area contributed by atoms with Crippen LogP contribution in [0, 0.1) is 5.92 Å². The van der Waals surface area contributed by atoms with E-state index in [4.69, 9.17) is 5.73 Å². The number of H-pyrrole nitrogens is 1. The number of amides is 1. The summed E-state index contributed by atoms with van der Waals surface area (Å²) in [6, 6.07) is 7.84. The van der Waals surface area contributed by atoms with E-state index >= 15 is 0 Å². The maximum atomic E-state index is 12.4. The third kappa shape index (κ3) is 3.20. The van der Waals surface area contributed by atoms with Gasteiger partial charge < -0.3 is 15.6 Å². The number of aromatic amines is 1. The summed E-state index contributed by atoms with van der Waals surface area (Å²) in [4.78, 5) is 17.2. The van der Waals surface area contributed by atoms with Gasteiger partial charge in [-0.25, -0.2) is 0 Å². The molecule has 1 aromatic heterocycles. The molecular formula is C16H23N3O. The van der Waals surface area contributed by atoms with E-state index in [0.29, 0.717) is 12.5 Å². The van der Waals surface area contributed by atoms with Crippen molar-refractivity contribution in [3.8, 4) is 0 Å². The molecule has 20 heavy (non-hydrogen) atoms. The summed E-state index contributed by atoms with van der Waals surface area (Å²) in [5.41, 5.74) is 7.79. The van der Waals surface area contributed by atoms with Gasteiger partial charge in [0.1, 0.15) is 0 Å². The van der Waals surface area contributed by atoms with Crippen LogP contribution >= 0.6 is 0 Å². The first kappa shape index (κ1) is 14.6. The lowest BCUT2D eigenvalue weighted by atomic mass is 10.0. The van der Waals surface area contributed by atoms with E-state index in [1.807, 2.05) is 37.5 Å². The topological polar surface area (TPSA) is 62.1 Å². The van der Waals surface area contributed by atoms with E-state index in [1.54, 1.807) is 4.90 Å². The van der Waals surface area contributed by atoms with Gasteiger partial charge in [0, 0.05) is 42.3 Å². The molecule has 0 aliphatic heterocycles. The first-order valence-electron chi connectivity index (χ1n) is 7.07. The molecule has 0 radical (unpaired) electrons. The van der Waals surface area contributed by atoms with Gasteiger partial charge in [-0.05, 0) is 36.6 Å². The molecule has 1 aromatic carbocycles. The monoisotopic (exact) mass is 273 g/mol. The normalized spacial score (nSPS) is 12.8. The van der Waals surface area contributed by atoms with Crippen molar-refractivity contribution in [3.05, 3.63) is 36.0 Å². The number of fused-ring (bicyclic) bond motifs is 1. The van der Waals surface area contributed by atoms with Gasteiger partial charge in [0.2, 0.25) is 0 Å². The lowest BCUT2D eigenvalue weighted by Gasteiger charge is -2.21. The molecular weight excluding hydrogens is 250 g/mol. The molecule has 1 atom stereocenters. The second-order valence-corrected chi connectivity index (χ2v) is 5.70. The number of benzene rings is 1. The molecule has 0 fully saturated rings. The van der Waals surface area contributed by atoms with E-state index in [0.717, 1.165) is 22.9 Å². The minimum absolute atomic E-state index is 0.0454. The Morgan fingerprint density at radius 2 is 2.10 bits per heavy atom. The molecule has 0 saturated heterocycles. The number of carbonyl (C=O) groups is 1. The highest BCUT2D eigenvalue weighted by Crippen LogP contribution is 2.15. The molecule has 2 rings (SSSR count). The lowest BCUT2D eigenvalue weighted by Crippen LogP contribution is -2.34. The fourth-order valence-electron chi connectivity index (χ4n) is 2.18. The number of nitrogens with two attached hydrogens (primary N) is 1. The van der Waals surface area contributed by atoms with Crippen LogP contribution in [0.2, 0.25) is 0 Å². The second-order valence-electron chi connectivity index (χ2n) is 5.70. The summed E-state index contributed by atoms with van der Waals surface area (Å²) in [6.45, 7) is 4.89. The molecule has 0 spiro atoms. The van der Waals surface area contributed by atoms with Crippen LogP contribution in [0.4, 0.5) is 0 Å². The SMILES string of the molecule is CC(C)C(N)CCN(C)C(=O)c1ccc2[nH]ccc2c1. The van der Waals surface area contributed by atoms with E-state index < -0.39 is 0 Å². The Bertz CT molecular complexity index is 588. The van der Waals surface area contributed by atoms with Gasteiger partial charge in [-0.3, -0.25) is 4.79 Å². The molecule has 2 aromatic rings. The number of nitrogens with zero attached hydrogens (tertiary/aromatic N) is 1. The van der Waals surface area contributed by atoms with Crippen LogP contribution < -0.4 is 5.73 Å². The molecule has 1 heterocycles. The average molecular weight is 273 g/mol. The van der Waals surface area contributed by atoms with E-state index in [1.165, 1.54) is 0 Å². The van der Waals surface area contributed by atoms with Crippen molar-refractivity contribution < 1.29 is 4.79 Å². The van der Waals surface area contributed by atoms with Crippen molar-refractivity contribution in [1.29, 1.82) is 0 Å². The molecule has 1 unspecified atom stereocenters. The summed E-state index contributed by atoms with van der Waals surface area (Å²) in [5, 5.41) is 1.06. The van der Waals surface area contributed by atoms with Gasteiger partial charge in [0.05, 0.1) is 0 Å².